The highest BCUT2D eigenvalue weighted by molar-refractivity contribution is 5.43. The second-order valence-corrected chi connectivity index (χ2v) is 7.43. The normalized spacial score (nSPS) is 15.9. The van der Waals surface area contributed by atoms with E-state index in [1.807, 2.05) is 16.8 Å². The molecule has 1 aromatic heterocycles. The summed E-state index contributed by atoms with van der Waals surface area (Å²) in [5, 5.41) is 16.9. The third-order valence-electron chi connectivity index (χ3n) is 4.90. The first-order valence-corrected chi connectivity index (χ1v) is 9.94. The van der Waals surface area contributed by atoms with E-state index >= 15 is 0 Å². The largest absolute Gasteiger partial charge is 0.493 e. The molecule has 0 saturated carbocycles. The van der Waals surface area contributed by atoms with Crippen LogP contribution in [-0.2, 0) is 19.5 Å². The molecule has 150 valence electrons. The predicted octanol–water partition coefficient (Wildman–Crippen LogP) is 3.20. The Morgan fingerprint density at radius 1 is 1.36 bits per heavy atom. The summed E-state index contributed by atoms with van der Waals surface area (Å²) in [6, 6.07) is 8.50. The van der Waals surface area contributed by atoms with Crippen molar-refractivity contribution < 1.29 is 9.47 Å². The van der Waals surface area contributed by atoms with E-state index in [-0.39, 0.29) is 0 Å². The standard InChI is InChI=1S/C21H29N5O2/c1-15(2)21-24-20-9-7-17(14-26(20)25-21)23-13-16-6-8-18(27-3)19(12-16)28-11-5-4-10-22/h6,8,12,15,17,23H,4-5,7,9,11,13-14H2,1-3H3. The number of hydrogen-bond donors (Lipinski definition) is 1. The topological polar surface area (TPSA) is 85.0 Å². The third-order valence-corrected chi connectivity index (χ3v) is 4.90. The molecule has 0 fully saturated rings. The molecule has 0 spiro atoms. The second-order valence-electron chi connectivity index (χ2n) is 7.43. The number of methoxy groups -OCH3 is 1. The van der Waals surface area contributed by atoms with E-state index in [0.29, 0.717) is 37.2 Å². The lowest BCUT2D eigenvalue weighted by atomic mass is 10.1. The van der Waals surface area contributed by atoms with Crippen LogP contribution in [0.3, 0.4) is 0 Å². The van der Waals surface area contributed by atoms with Crippen LogP contribution < -0.4 is 14.8 Å². The van der Waals surface area contributed by atoms with Crippen molar-refractivity contribution in [3.63, 3.8) is 0 Å². The van der Waals surface area contributed by atoms with Gasteiger partial charge in [-0.1, -0.05) is 19.9 Å². The summed E-state index contributed by atoms with van der Waals surface area (Å²) in [6.07, 6.45) is 3.22. The SMILES string of the molecule is COc1ccc(CNC2CCc3nc(C(C)C)nn3C2)cc1OCCCC#N. The Morgan fingerprint density at radius 3 is 2.96 bits per heavy atom. The number of rotatable bonds is 9. The first-order chi connectivity index (χ1) is 13.6. The number of nitrogens with one attached hydrogen (secondary N) is 1. The van der Waals surface area contributed by atoms with Crippen molar-refractivity contribution in [1.29, 1.82) is 5.26 Å². The highest BCUT2D eigenvalue weighted by Crippen LogP contribution is 2.28. The number of nitrogens with zero attached hydrogens (tertiary/aromatic N) is 4. The maximum Gasteiger partial charge on any atom is 0.161 e. The highest BCUT2D eigenvalue weighted by atomic mass is 16.5. The minimum Gasteiger partial charge on any atom is -0.493 e. The van der Waals surface area contributed by atoms with Crippen molar-refractivity contribution >= 4 is 0 Å². The molecular formula is C21H29N5O2. The van der Waals surface area contributed by atoms with Crippen LogP contribution in [-0.4, -0.2) is 34.5 Å². The van der Waals surface area contributed by atoms with Crippen molar-refractivity contribution in [2.45, 2.75) is 64.6 Å². The molecule has 1 aromatic carbocycles. The van der Waals surface area contributed by atoms with E-state index in [1.54, 1.807) is 7.11 Å². The molecule has 1 atom stereocenters. The number of ether oxygens (including phenoxy) is 2. The molecule has 0 saturated heterocycles. The Bertz CT molecular complexity index is 825. The summed E-state index contributed by atoms with van der Waals surface area (Å²) in [7, 11) is 1.64. The van der Waals surface area contributed by atoms with Crippen LogP contribution in [0.2, 0.25) is 0 Å². The molecule has 7 nitrogen and oxygen atoms in total. The fourth-order valence-corrected chi connectivity index (χ4v) is 3.28. The van der Waals surface area contributed by atoms with Crippen molar-refractivity contribution in [2.24, 2.45) is 0 Å². The second kappa shape index (κ2) is 9.56. The van der Waals surface area contributed by atoms with Gasteiger partial charge in [0.25, 0.3) is 0 Å². The lowest BCUT2D eigenvalue weighted by molar-refractivity contribution is 0.290. The Morgan fingerprint density at radius 2 is 2.21 bits per heavy atom. The molecule has 0 amide bonds. The van der Waals surface area contributed by atoms with Gasteiger partial charge in [-0.05, 0) is 30.5 Å². The minimum atomic E-state index is 0.357. The van der Waals surface area contributed by atoms with Gasteiger partial charge in [-0.3, -0.25) is 0 Å². The lowest BCUT2D eigenvalue weighted by Gasteiger charge is -2.24. The number of benzene rings is 1. The molecule has 0 aliphatic carbocycles. The minimum absolute atomic E-state index is 0.357. The quantitative estimate of drug-likeness (QED) is 0.670. The van der Waals surface area contributed by atoms with E-state index < -0.39 is 0 Å². The Hall–Kier alpha value is -2.59. The highest BCUT2D eigenvalue weighted by Gasteiger charge is 2.22. The molecule has 1 aliphatic heterocycles. The Kier molecular flexibility index (Phi) is 6.88. The summed E-state index contributed by atoms with van der Waals surface area (Å²) in [5.41, 5.74) is 1.14. The zero-order chi connectivity index (χ0) is 19.9. The molecule has 28 heavy (non-hydrogen) atoms. The van der Waals surface area contributed by atoms with E-state index in [2.05, 4.69) is 41.4 Å². The zero-order valence-corrected chi connectivity index (χ0v) is 16.9. The number of hydrogen-bond acceptors (Lipinski definition) is 6. The molecule has 0 radical (unpaired) electrons. The number of aryl methyl sites for hydroxylation is 1. The predicted molar refractivity (Wildman–Crippen MR) is 106 cm³/mol. The van der Waals surface area contributed by atoms with Gasteiger partial charge in [0.05, 0.1) is 26.3 Å². The maximum atomic E-state index is 8.64. The molecule has 0 bridgehead atoms. The molecule has 1 N–H and O–H groups in total. The fourth-order valence-electron chi connectivity index (χ4n) is 3.28. The van der Waals surface area contributed by atoms with Gasteiger partial charge in [0.15, 0.2) is 17.3 Å². The number of fused-ring (bicyclic) bond motifs is 1. The Balaban J connectivity index is 1.57. The van der Waals surface area contributed by atoms with E-state index in [1.165, 1.54) is 0 Å². The summed E-state index contributed by atoms with van der Waals surface area (Å²) in [5.74, 6) is 3.83. The first kappa shape index (κ1) is 20.2. The lowest BCUT2D eigenvalue weighted by Crippen LogP contribution is -2.37. The smallest absolute Gasteiger partial charge is 0.161 e. The molecule has 1 unspecified atom stereocenters. The number of aromatic nitrogens is 3. The molecule has 3 rings (SSSR count). The van der Waals surface area contributed by atoms with E-state index in [0.717, 1.165) is 48.9 Å². The monoisotopic (exact) mass is 383 g/mol. The van der Waals surface area contributed by atoms with Crippen LogP contribution in [0.5, 0.6) is 11.5 Å². The van der Waals surface area contributed by atoms with Gasteiger partial charge >= 0.3 is 0 Å². The van der Waals surface area contributed by atoms with Gasteiger partial charge in [0.2, 0.25) is 0 Å². The number of nitriles is 1. The average Bonchev–Trinajstić information content (AvgIpc) is 3.13. The summed E-state index contributed by atoms with van der Waals surface area (Å²) in [6.45, 7) is 6.37. The zero-order valence-electron chi connectivity index (χ0n) is 16.9. The molecular weight excluding hydrogens is 354 g/mol. The molecule has 7 heteroatoms. The van der Waals surface area contributed by atoms with Crippen molar-refractivity contribution in [3.05, 3.63) is 35.4 Å². The fraction of sp³-hybridized carbons (Fsp3) is 0.571. The Labute approximate surface area is 166 Å². The average molecular weight is 383 g/mol. The van der Waals surface area contributed by atoms with Gasteiger partial charge in [-0.2, -0.15) is 10.4 Å². The van der Waals surface area contributed by atoms with E-state index in [4.69, 9.17) is 14.7 Å². The van der Waals surface area contributed by atoms with Crippen molar-refractivity contribution in [2.75, 3.05) is 13.7 Å². The molecule has 2 aromatic rings. The first-order valence-electron chi connectivity index (χ1n) is 9.94. The van der Waals surface area contributed by atoms with Crippen LogP contribution >= 0.6 is 0 Å². The number of unbranched alkanes of at least 4 members (excludes halogenated alkanes) is 1. The van der Waals surface area contributed by atoms with Crippen LogP contribution in [0.4, 0.5) is 0 Å². The maximum absolute atomic E-state index is 8.64. The molecule has 1 aliphatic rings. The van der Waals surface area contributed by atoms with Gasteiger partial charge in [-0.25, -0.2) is 9.67 Å². The summed E-state index contributed by atoms with van der Waals surface area (Å²) >= 11 is 0. The summed E-state index contributed by atoms with van der Waals surface area (Å²) < 4.78 is 13.2. The third kappa shape index (κ3) is 5.02. The van der Waals surface area contributed by atoms with Gasteiger partial charge in [0, 0.05) is 31.3 Å². The van der Waals surface area contributed by atoms with Crippen LogP contribution in [0.25, 0.3) is 0 Å². The van der Waals surface area contributed by atoms with Gasteiger partial charge < -0.3 is 14.8 Å². The van der Waals surface area contributed by atoms with Crippen LogP contribution in [0, 0.1) is 11.3 Å². The van der Waals surface area contributed by atoms with E-state index in [9.17, 15) is 0 Å². The molecule has 2 heterocycles. The van der Waals surface area contributed by atoms with Crippen LogP contribution in [0.15, 0.2) is 18.2 Å². The van der Waals surface area contributed by atoms with Gasteiger partial charge in [0.1, 0.15) is 5.82 Å². The van der Waals surface area contributed by atoms with Crippen molar-refractivity contribution in [1.82, 2.24) is 20.1 Å². The van der Waals surface area contributed by atoms with Crippen molar-refractivity contribution in [3.8, 4) is 17.6 Å². The summed E-state index contributed by atoms with van der Waals surface area (Å²) in [4.78, 5) is 4.65. The van der Waals surface area contributed by atoms with Crippen LogP contribution in [0.1, 0.15) is 56.2 Å². The van der Waals surface area contributed by atoms with Gasteiger partial charge in [-0.15, -0.1) is 0 Å².